The molecule has 6 nitrogen and oxygen atoms in total. The Morgan fingerprint density at radius 3 is 2.80 bits per heavy atom. The zero-order chi connectivity index (χ0) is 14.4. The van der Waals surface area contributed by atoms with Crippen LogP contribution in [0.2, 0.25) is 0 Å². The minimum Gasteiger partial charge on any atom is -0.490 e. The second kappa shape index (κ2) is 7.28. The van der Waals surface area contributed by atoms with Gasteiger partial charge in [-0.1, -0.05) is 0 Å². The Balaban J connectivity index is 2.11. The van der Waals surface area contributed by atoms with Crippen molar-refractivity contribution < 1.29 is 9.47 Å². The van der Waals surface area contributed by atoms with Gasteiger partial charge in [-0.05, 0) is 25.7 Å². The van der Waals surface area contributed by atoms with Gasteiger partial charge in [-0.3, -0.25) is 0 Å². The molecule has 1 saturated heterocycles. The van der Waals surface area contributed by atoms with Crippen LogP contribution in [-0.2, 0) is 4.74 Å². The van der Waals surface area contributed by atoms with E-state index >= 15 is 0 Å². The first-order valence-electron chi connectivity index (χ1n) is 7.18. The number of aromatic nitrogens is 2. The van der Waals surface area contributed by atoms with Crippen molar-refractivity contribution in [2.45, 2.75) is 19.8 Å². The van der Waals surface area contributed by atoms with Gasteiger partial charge in [-0.25, -0.2) is 9.97 Å². The summed E-state index contributed by atoms with van der Waals surface area (Å²) in [5.41, 5.74) is 0. The predicted octanol–water partition coefficient (Wildman–Crippen LogP) is 1.78. The molecule has 1 aliphatic heterocycles. The normalized spacial score (nSPS) is 15.9. The zero-order valence-electron chi connectivity index (χ0n) is 12.6. The van der Waals surface area contributed by atoms with Gasteiger partial charge in [0.25, 0.3) is 0 Å². The van der Waals surface area contributed by atoms with Crippen molar-refractivity contribution in [1.82, 2.24) is 9.97 Å². The van der Waals surface area contributed by atoms with Crippen molar-refractivity contribution in [3.05, 3.63) is 6.33 Å². The minimum atomic E-state index is 0.649. The Hall–Kier alpha value is -1.56. The molecule has 1 fully saturated rings. The lowest BCUT2D eigenvalue weighted by Crippen LogP contribution is -2.30. The van der Waals surface area contributed by atoms with Crippen LogP contribution in [0, 0.1) is 5.92 Å². The molecule has 0 spiro atoms. The molecule has 0 aliphatic carbocycles. The number of ether oxygens (including phenoxy) is 2. The Bertz CT molecular complexity index is 422. The molecule has 0 aromatic carbocycles. The number of hydrogen-bond donors (Lipinski definition) is 1. The first-order chi connectivity index (χ1) is 9.76. The third-order valence-corrected chi connectivity index (χ3v) is 3.57. The molecule has 1 N–H and O–H groups in total. The topological polar surface area (TPSA) is 59.5 Å². The van der Waals surface area contributed by atoms with E-state index in [9.17, 15) is 0 Å². The van der Waals surface area contributed by atoms with E-state index in [2.05, 4.69) is 27.2 Å². The Morgan fingerprint density at radius 1 is 1.40 bits per heavy atom. The lowest BCUT2D eigenvalue weighted by atomic mass is 10.00. The van der Waals surface area contributed by atoms with Gasteiger partial charge in [0.15, 0.2) is 11.6 Å². The molecule has 112 valence electrons. The molecule has 20 heavy (non-hydrogen) atoms. The van der Waals surface area contributed by atoms with E-state index in [1.807, 2.05) is 6.92 Å². The number of methoxy groups -OCH3 is 1. The zero-order valence-corrected chi connectivity index (χ0v) is 12.6. The summed E-state index contributed by atoms with van der Waals surface area (Å²) in [7, 11) is 3.71. The molecule has 1 aromatic rings. The Kier molecular flexibility index (Phi) is 5.40. The van der Waals surface area contributed by atoms with Crippen molar-refractivity contribution in [3.63, 3.8) is 0 Å². The molecule has 6 heteroatoms. The van der Waals surface area contributed by atoms with E-state index in [-0.39, 0.29) is 0 Å². The van der Waals surface area contributed by atoms with Gasteiger partial charge < -0.3 is 19.7 Å². The fourth-order valence-corrected chi connectivity index (χ4v) is 2.52. The molecule has 2 heterocycles. The monoisotopic (exact) mass is 280 g/mol. The maximum absolute atomic E-state index is 5.49. The number of nitrogens with zero attached hydrogens (tertiary/aromatic N) is 3. The van der Waals surface area contributed by atoms with Crippen molar-refractivity contribution in [3.8, 4) is 5.75 Å². The van der Waals surface area contributed by atoms with Gasteiger partial charge >= 0.3 is 0 Å². The van der Waals surface area contributed by atoms with E-state index in [4.69, 9.17) is 9.47 Å². The first kappa shape index (κ1) is 14.8. The van der Waals surface area contributed by atoms with Crippen molar-refractivity contribution in [2.24, 2.45) is 5.92 Å². The van der Waals surface area contributed by atoms with Crippen LogP contribution in [0.25, 0.3) is 0 Å². The summed E-state index contributed by atoms with van der Waals surface area (Å²) in [6.45, 7) is 5.52. The second-order valence-corrected chi connectivity index (χ2v) is 5.05. The first-order valence-corrected chi connectivity index (χ1v) is 7.18. The van der Waals surface area contributed by atoms with Gasteiger partial charge in [0.2, 0.25) is 5.75 Å². The largest absolute Gasteiger partial charge is 0.490 e. The molecule has 2 rings (SSSR count). The van der Waals surface area contributed by atoms with Crippen LogP contribution in [0.1, 0.15) is 19.8 Å². The van der Waals surface area contributed by atoms with Crippen LogP contribution < -0.4 is 15.0 Å². The lowest BCUT2D eigenvalue weighted by Gasteiger charge is -2.28. The van der Waals surface area contributed by atoms with Gasteiger partial charge in [0.1, 0.15) is 6.33 Å². The summed E-state index contributed by atoms with van der Waals surface area (Å²) in [4.78, 5) is 10.8. The molecule has 0 bridgehead atoms. The average Bonchev–Trinajstić information content (AvgIpc) is 2.48. The van der Waals surface area contributed by atoms with Gasteiger partial charge in [0.05, 0.1) is 7.11 Å². The summed E-state index contributed by atoms with van der Waals surface area (Å²) >= 11 is 0. The summed E-state index contributed by atoms with van der Waals surface area (Å²) in [5.74, 6) is 2.95. The SMILES string of the molecule is CCNc1ncnc(N(C)CC2CCOCC2)c1OC. The fourth-order valence-electron chi connectivity index (χ4n) is 2.52. The number of anilines is 2. The highest BCUT2D eigenvalue weighted by Gasteiger charge is 2.20. The smallest absolute Gasteiger partial charge is 0.204 e. The van der Waals surface area contributed by atoms with Gasteiger partial charge in [-0.2, -0.15) is 0 Å². The van der Waals surface area contributed by atoms with Crippen LogP contribution in [0.4, 0.5) is 11.6 Å². The van der Waals surface area contributed by atoms with E-state index in [1.54, 1.807) is 13.4 Å². The molecule has 1 aliphatic rings. The molecule has 1 aromatic heterocycles. The van der Waals surface area contributed by atoms with E-state index in [0.29, 0.717) is 11.7 Å². The molecule has 0 radical (unpaired) electrons. The van der Waals surface area contributed by atoms with Crippen molar-refractivity contribution in [2.75, 3.05) is 50.7 Å². The second-order valence-electron chi connectivity index (χ2n) is 5.05. The van der Waals surface area contributed by atoms with Crippen LogP contribution in [0.3, 0.4) is 0 Å². The molecule has 0 saturated carbocycles. The quantitative estimate of drug-likeness (QED) is 0.857. The maximum atomic E-state index is 5.49. The van der Waals surface area contributed by atoms with Crippen LogP contribution in [0.15, 0.2) is 6.33 Å². The van der Waals surface area contributed by atoms with E-state index in [1.165, 1.54) is 0 Å². The minimum absolute atomic E-state index is 0.649. The highest BCUT2D eigenvalue weighted by Crippen LogP contribution is 2.32. The molecule has 0 unspecified atom stereocenters. The molecular weight excluding hydrogens is 256 g/mol. The number of nitrogens with one attached hydrogen (secondary N) is 1. The number of rotatable bonds is 6. The summed E-state index contributed by atoms with van der Waals surface area (Å²) in [5, 5.41) is 3.20. The van der Waals surface area contributed by atoms with E-state index < -0.39 is 0 Å². The average molecular weight is 280 g/mol. The van der Waals surface area contributed by atoms with Crippen LogP contribution >= 0.6 is 0 Å². The van der Waals surface area contributed by atoms with Crippen LogP contribution in [-0.4, -0.2) is 50.4 Å². The molecule has 0 atom stereocenters. The highest BCUT2D eigenvalue weighted by atomic mass is 16.5. The standard InChI is InChI=1S/C14H24N4O2/c1-4-15-13-12(19-3)14(17-10-16-13)18(2)9-11-5-7-20-8-6-11/h10-11H,4-9H2,1-3H3,(H,15,16,17). The van der Waals surface area contributed by atoms with Crippen molar-refractivity contribution >= 4 is 11.6 Å². The Labute approximate surface area is 120 Å². The fraction of sp³-hybridized carbons (Fsp3) is 0.714. The van der Waals surface area contributed by atoms with E-state index in [0.717, 1.165) is 50.8 Å². The summed E-state index contributed by atoms with van der Waals surface area (Å²) < 4.78 is 10.9. The predicted molar refractivity (Wildman–Crippen MR) is 79.6 cm³/mol. The number of hydrogen-bond acceptors (Lipinski definition) is 6. The third-order valence-electron chi connectivity index (χ3n) is 3.57. The van der Waals surface area contributed by atoms with Gasteiger partial charge in [0, 0.05) is 33.4 Å². The third kappa shape index (κ3) is 3.50. The maximum Gasteiger partial charge on any atom is 0.204 e. The van der Waals surface area contributed by atoms with Crippen LogP contribution in [0.5, 0.6) is 5.75 Å². The summed E-state index contributed by atoms with van der Waals surface area (Å²) in [6, 6.07) is 0. The Morgan fingerprint density at radius 2 is 2.15 bits per heavy atom. The van der Waals surface area contributed by atoms with Gasteiger partial charge in [-0.15, -0.1) is 0 Å². The highest BCUT2D eigenvalue weighted by molar-refractivity contribution is 5.64. The molecular formula is C14H24N4O2. The molecule has 0 amide bonds. The lowest BCUT2D eigenvalue weighted by molar-refractivity contribution is 0.0684. The van der Waals surface area contributed by atoms with Crippen molar-refractivity contribution in [1.29, 1.82) is 0 Å². The summed E-state index contributed by atoms with van der Waals surface area (Å²) in [6.07, 6.45) is 3.80.